The number of allylic oxidation sites excluding steroid dienone is 12. The van der Waals surface area contributed by atoms with E-state index in [2.05, 4.69) is 93.7 Å². The molecule has 0 amide bonds. The molecule has 0 bridgehead atoms. The van der Waals surface area contributed by atoms with Gasteiger partial charge >= 0.3 is 17.9 Å². The molecule has 0 spiro atoms. The van der Waals surface area contributed by atoms with Gasteiger partial charge in [-0.25, -0.2) is 0 Å². The molecule has 0 aliphatic carbocycles. The molecule has 0 saturated carbocycles. The summed E-state index contributed by atoms with van der Waals surface area (Å²) in [6.07, 6.45) is 73.1. The number of carbonyl (C=O) groups excluding carboxylic acids is 3. The second-order valence-electron chi connectivity index (χ2n) is 19.6. The van der Waals surface area contributed by atoms with Gasteiger partial charge in [0.1, 0.15) is 13.2 Å². The van der Waals surface area contributed by atoms with Gasteiger partial charge in [0.25, 0.3) is 0 Å². The average molecular weight is 964 g/mol. The van der Waals surface area contributed by atoms with Crippen molar-refractivity contribution in [2.75, 3.05) is 13.2 Å². The Bertz CT molecular complexity index is 1290. The fourth-order valence-corrected chi connectivity index (χ4v) is 8.22. The Morgan fingerprint density at radius 3 is 0.841 bits per heavy atom. The number of unbranched alkanes of at least 4 members (excludes halogenated alkanes) is 30. The smallest absolute Gasteiger partial charge is 0.306 e. The second-order valence-corrected chi connectivity index (χ2v) is 19.6. The summed E-state index contributed by atoms with van der Waals surface area (Å²) in [5, 5.41) is 0. The SMILES string of the molecule is CCCCC/C=C\C/C=C\C/C=C\CCCCCCC(=O)OC[C@H](COC(=O)CCCCCCCCCCCCCCCCCCC)OC(=O)CCCCCC/C=C\C/C=C\C/C=C\CCCCC. The van der Waals surface area contributed by atoms with Gasteiger partial charge in [-0.3, -0.25) is 14.4 Å². The lowest BCUT2D eigenvalue weighted by atomic mass is 10.0. The van der Waals surface area contributed by atoms with Gasteiger partial charge in [-0.05, 0) is 96.3 Å². The summed E-state index contributed by atoms with van der Waals surface area (Å²) in [5.74, 6) is -0.923. The number of ether oxygens (including phenoxy) is 3. The molecule has 0 heterocycles. The van der Waals surface area contributed by atoms with Gasteiger partial charge in [0.2, 0.25) is 0 Å². The van der Waals surface area contributed by atoms with Gasteiger partial charge in [-0.2, -0.15) is 0 Å². The minimum Gasteiger partial charge on any atom is -0.462 e. The first-order chi connectivity index (χ1) is 34.0. The van der Waals surface area contributed by atoms with E-state index >= 15 is 0 Å². The molecular formula is C63H110O6. The van der Waals surface area contributed by atoms with Crippen LogP contribution in [0.4, 0.5) is 0 Å². The van der Waals surface area contributed by atoms with Crippen molar-refractivity contribution in [2.24, 2.45) is 0 Å². The predicted molar refractivity (Wildman–Crippen MR) is 298 cm³/mol. The molecule has 6 heteroatoms. The molecule has 0 aromatic heterocycles. The maximum Gasteiger partial charge on any atom is 0.306 e. The topological polar surface area (TPSA) is 78.9 Å². The van der Waals surface area contributed by atoms with Gasteiger partial charge < -0.3 is 14.2 Å². The molecule has 0 unspecified atom stereocenters. The summed E-state index contributed by atoms with van der Waals surface area (Å²) in [7, 11) is 0. The lowest BCUT2D eigenvalue weighted by Crippen LogP contribution is -2.30. The largest absolute Gasteiger partial charge is 0.462 e. The fraction of sp³-hybridized carbons (Fsp3) is 0.762. The maximum atomic E-state index is 12.9. The van der Waals surface area contributed by atoms with E-state index in [0.717, 1.165) is 109 Å². The third-order valence-electron chi connectivity index (χ3n) is 12.7. The Morgan fingerprint density at radius 1 is 0.290 bits per heavy atom. The van der Waals surface area contributed by atoms with Gasteiger partial charge in [-0.15, -0.1) is 0 Å². The van der Waals surface area contributed by atoms with Crippen LogP contribution in [0.5, 0.6) is 0 Å². The third kappa shape index (κ3) is 55.6. The van der Waals surface area contributed by atoms with E-state index in [4.69, 9.17) is 14.2 Å². The van der Waals surface area contributed by atoms with Crippen LogP contribution in [-0.4, -0.2) is 37.2 Å². The minimum atomic E-state index is -0.796. The van der Waals surface area contributed by atoms with Crippen molar-refractivity contribution in [3.05, 3.63) is 72.9 Å². The van der Waals surface area contributed by atoms with Crippen LogP contribution in [0.2, 0.25) is 0 Å². The van der Waals surface area contributed by atoms with E-state index in [0.29, 0.717) is 19.3 Å². The Hall–Kier alpha value is -3.15. The van der Waals surface area contributed by atoms with E-state index in [1.807, 2.05) is 0 Å². The highest BCUT2D eigenvalue weighted by molar-refractivity contribution is 5.71. The van der Waals surface area contributed by atoms with Gasteiger partial charge in [-0.1, -0.05) is 248 Å². The van der Waals surface area contributed by atoms with Crippen molar-refractivity contribution in [2.45, 2.75) is 297 Å². The van der Waals surface area contributed by atoms with E-state index < -0.39 is 6.10 Å². The molecule has 0 aliphatic heterocycles. The summed E-state index contributed by atoms with van der Waals surface area (Å²) < 4.78 is 16.9. The van der Waals surface area contributed by atoms with Crippen molar-refractivity contribution in [3.63, 3.8) is 0 Å². The molecule has 6 nitrogen and oxygen atoms in total. The standard InChI is InChI=1S/C63H110O6/c1-4-7-10-13-16-19-22-25-28-31-34-37-40-43-46-49-52-55-61(64)67-58-60(69-63(66)57-54-51-48-45-42-39-36-33-30-27-24-21-18-15-12-9-6-3)59-68-62(65)56-53-50-47-44-41-38-35-32-29-26-23-20-17-14-11-8-5-2/h16,18-19,21,25,27-28,30,34,36-37,39,60H,4-15,17,20,22-24,26,29,31-33,35,38,40-59H2,1-3H3/b19-16-,21-18-,28-25-,30-27-,37-34-,39-36-/t60-/m1/s1. The number of esters is 3. The van der Waals surface area contributed by atoms with Crippen LogP contribution in [0.3, 0.4) is 0 Å². The lowest BCUT2D eigenvalue weighted by molar-refractivity contribution is -0.167. The van der Waals surface area contributed by atoms with Crippen LogP contribution in [-0.2, 0) is 28.6 Å². The molecule has 0 aromatic carbocycles. The molecule has 0 aliphatic rings. The summed E-state index contributed by atoms with van der Waals surface area (Å²) in [6, 6.07) is 0. The quantitative estimate of drug-likeness (QED) is 0.0262. The van der Waals surface area contributed by atoms with Crippen molar-refractivity contribution >= 4 is 17.9 Å². The zero-order valence-electron chi connectivity index (χ0n) is 45.6. The van der Waals surface area contributed by atoms with Crippen LogP contribution < -0.4 is 0 Å². The number of carbonyl (C=O) groups is 3. The summed E-state index contributed by atoms with van der Waals surface area (Å²) in [5.41, 5.74) is 0. The molecule has 69 heavy (non-hydrogen) atoms. The summed E-state index contributed by atoms with van der Waals surface area (Å²) in [6.45, 7) is 6.57. The number of rotatable bonds is 53. The monoisotopic (exact) mass is 963 g/mol. The molecule has 1 atom stereocenters. The Balaban J connectivity index is 4.45. The van der Waals surface area contributed by atoms with Crippen LogP contribution in [0.15, 0.2) is 72.9 Å². The van der Waals surface area contributed by atoms with E-state index in [1.54, 1.807) is 0 Å². The molecule has 0 N–H and O–H groups in total. The molecule has 0 radical (unpaired) electrons. The molecule has 0 saturated heterocycles. The second kappa shape index (κ2) is 57.4. The van der Waals surface area contributed by atoms with Crippen LogP contribution >= 0.6 is 0 Å². The van der Waals surface area contributed by atoms with Gasteiger partial charge in [0, 0.05) is 19.3 Å². The summed E-state index contributed by atoms with van der Waals surface area (Å²) in [4.78, 5) is 38.2. The highest BCUT2D eigenvalue weighted by atomic mass is 16.6. The zero-order chi connectivity index (χ0) is 50.0. The molecule has 0 aromatic rings. The number of hydrogen-bond acceptors (Lipinski definition) is 6. The predicted octanol–water partition coefficient (Wildman–Crippen LogP) is 19.8. The first kappa shape index (κ1) is 65.8. The highest BCUT2D eigenvalue weighted by Crippen LogP contribution is 2.16. The first-order valence-corrected chi connectivity index (χ1v) is 29.4. The van der Waals surface area contributed by atoms with E-state index in [1.165, 1.54) is 141 Å². The van der Waals surface area contributed by atoms with E-state index in [9.17, 15) is 14.4 Å². The molecule has 398 valence electrons. The molecule has 0 fully saturated rings. The summed E-state index contributed by atoms with van der Waals surface area (Å²) >= 11 is 0. The van der Waals surface area contributed by atoms with Crippen LogP contribution in [0.1, 0.15) is 290 Å². The van der Waals surface area contributed by atoms with Gasteiger partial charge in [0.15, 0.2) is 6.10 Å². The number of hydrogen-bond donors (Lipinski definition) is 0. The van der Waals surface area contributed by atoms with Crippen molar-refractivity contribution in [3.8, 4) is 0 Å². The van der Waals surface area contributed by atoms with E-state index in [-0.39, 0.29) is 31.1 Å². The van der Waals surface area contributed by atoms with Gasteiger partial charge in [0.05, 0.1) is 0 Å². The Kier molecular flexibility index (Phi) is 54.8. The molecule has 0 rings (SSSR count). The van der Waals surface area contributed by atoms with Crippen LogP contribution in [0, 0.1) is 0 Å². The molecular weight excluding hydrogens is 853 g/mol. The normalized spacial score (nSPS) is 12.6. The third-order valence-corrected chi connectivity index (χ3v) is 12.7. The van der Waals surface area contributed by atoms with Crippen molar-refractivity contribution in [1.29, 1.82) is 0 Å². The fourth-order valence-electron chi connectivity index (χ4n) is 8.22. The average Bonchev–Trinajstić information content (AvgIpc) is 3.35. The lowest BCUT2D eigenvalue weighted by Gasteiger charge is -2.18. The Morgan fingerprint density at radius 2 is 0.522 bits per heavy atom. The Labute approximate surface area is 427 Å². The first-order valence-electron chi connectivity index (χ1n) is 29.4. The van der Waals surface area contributed by atoms with Crippen molar-refractivity contribution < 1.29 is 28.6 Å². The maximum absolute atomic E-state index is 12.9. The zero-order valence-corrected chi connectivity index (χ0v) is 45.6. The van der Waals surface area contributed by atoms with Crippen LogP contribution in [0.25, 0.3) is 0 Å². The minimum absolute atomic E-state index is 0.0897. The van der Waals surface area contributed by atoms with Crippen molar-refractivity contribution in [1.82, 2.24) is 0 Å². The highest BCUT2D eigenvalue weighted by Gasteiger charge is 2.19.